The van der Waals surface area contributed by atoms with Gasteiger partial charge in [0, 0.05) is 11.3 Å². The molecule has 126 valence electrons. The Hall–Kier alpha value is -3.48. The molecule has 0 bridgehead atoms. The average Bonchev–Trinajstić information content (AvgIpc) is 3.14. The minimum Gasteiger partial charge on any atom is -0.467 e. The Morgan fingerprint density at radius 1 is 1.12 bits per heavy atom. The van der Waals surface area contributed by atoms with E-state index in [1.54, 1.807) is 36.6 Å². The van der Waals surface area contributed by atoms with Gasteiger partial charge in [-0.05, 0) is 31.2 Å². The lowest BCUT2D eigenvalue weighted by atomic mass is 10.1. The predicted octanol–water partition coefficient (Wildman–Crippen LogP) is 2.95. The first-order valence-electron chi connectivity index (χ1n) is 7.62. The number of aromatic nitrogens is 2. The Morgan fingerprint density at radius 3 is 2.68 bits per heavy atom. The molecule has 0 aliphatic carbocycles. The van der Waals surface area contributed by atoms with Crippen LogP contribution in [-0.4, -0.2) is 21.7 Å². The second-order valence-electron chi connectivity index (χ2n) is 5.31. The van der Waals surface area contributed by atoms with Crippen LogP contribution in [-0.2, 0) is 6.54 Å². The fraction of sp³-hybridized carbons (Fsp3) is 0.111. The van der Waals surface area contributed by atoms with E-state index in [1.165, 1.54) is 19.3 Å². The van der Waals surface area contributed by atoms with E-state index in [1.807, 2.05) is 6.07 Å². The molecule has 0 saturated heterocycles. The van der Waals surface area contributed by atoms with Crippen LogP contribution in [0.3, 0.4) is 0 Å². The van der Waals surface area contributed by atoms with Gasteiger partial charge in [0.1, 0.15) is 17.3 Å². The standard InChI is InChI=1S/C18H16N4O3/c1-12(23)13-4-2-5-14(8-13)22-17-11-19-16(10-20-17)18(24)21-9-15-6-3-7-25-15/h2-8,10-11H,9H2,1H3,(H,20,22)(H,21,24). The van der Waals surface area contributed by atoms with E-state index in [0.29, 0.717) is 17.1 Å². The fourth-order valence-electron chi connectivity index (χ4n) is 2.14. The second kappa shape index (κ2) is 7.39. The topological polar surface area (TPSA) is 97.1 Å². The molecule has 1 amide bonds. The van der Waals surface area contributed by atoms with Gasteiger partial charge < -0.3 is 15.1 Å². The fourth-order valence-corrected chi connectivity index (χ4v) is 2.14. The van der Waals surface area contributed by atoms with Crippen molar-refractivity contribution in [2.45, 2.75) is 13.5 Å². The predicted molar refractivity (Wildman–Crippen MR) is 91.6 cm³/mol. The largest absolute Gasteiger partial charge is 0.467 e. The van der Waals surface area contributed by atoms with Crippen LogP contribution >= 0.6 is 0 Å². The lowest BCUT2D eigenvalue weighted by Crippen LogP contribution is -2.23. The van der Waals surface area contributed by atoms with Crippen LogP contribution in [0, 0.1) is 0 Å². The summed E-state index contributed by atoms with van der Waals surface area (Å²) in [4.78, 5) is 31.7. The maximum Gasteiger partial charge on any atom is 0.271 e. The molecular formula is C18H16N4O3. The summed E-state index contributed by atoms with van der Waals surface area (Å²) in [5.41, 5.74) is 1.53. The molecule has 3 aromatic rings. The van der Waals surface area contributed by atoms with Crippen LogP contribution in [0.5, 0.6) is 0 Å². The third kappa shape index (κ3) is 4.29. The molecule has 3 rings (SSSR count). The number of rotatable bonds is 6. The van der Waals surface area contributed by atoms with Gasteiger partial charge in [0.05, 0.1) is 25.2 Å². The highest BCUT2D eigenvalue weighted by Crippen LogP contribution is 2.16. The smallest absolute Gasteiger partial charge is 0.271 e. The number of nitrogens with one attached hydrogen (secondary N) is 2. The Kier molecular flexibility index (Phi) is 4.84. The zero-order chi connectivity index (χ0) is 17.6. The first kappa shape index (κ1) is 16.4. The van der Waals surface area contributed by atoms with E-state index in [2.05, 4.69) is 20.6 Å². The molecule has 0 aliphatic heterocycles. The number of carbonyl (C=O) groups is 2. The van der Waals surface area contributed by atoms with Crippen LogP contribution in [0.1, 0.15) is 33.5 Å². The van der Waals surface area contributed by atoms with Gasteiger partial charge >= 0.3 is 0 Å². The summed E-state index contributed by atoms with van der Waals surface area (Å²) >= 11 is 0. The van der Waals surface area contributed by atoms with Gasteiger partial charge in [-0.25, -0.2) is 9.97 Å². The molecule has 0 aliphatic rings. The first-order valence-corrected chi connectivity index (χ1v) is 7.62. The molecule has 0 radical (unpaired) electrons. The molecular weight excluding hydrogens is 320 g/mol. The van der Waals surface area contributed by atoms with Crippen molar-refractivity contribution < 1.29 is 14.0 Å². The lowest BCUT2D eigenvalue weighted by molar-refractivity contribution is 0.0942. The summed E-state index contributed by atoms with van der Waals surface area (Å²) in [5.74, 6) is 0.778. The Labute approximate surface area is 144 Å². The quantitative estimate of drug-likeness (QED) is 0.672. The van der Waals surface area contributed by atoms with Gasteiger partial charge in [-0.2, -0.15) is 0 Å². The maximum atomic E-state index is 12.0. The van der Waals surface area contributed by atoms with Crippen molar-refractivity contribution in [2.75, 3.05) is 5.32 Å². The summed E-state index contributed by atoms with van der Waals surface area (Å²) in [5, 5.41) is 5.74. The molecule has 2 N–H and O–H groups in total. The van der Waals surface area contributed by atoms with Gasteiger partial charge in [-0.15, -0.1) is 0 Å². The zero-order valence-corrected chi connectivity index (χ0v) is 13.5. The molecule has 1 aromatic carbocycles. The van der Waals surface area contributed by atoms with E-state index in [0.717, 1.165) is 5.69 Å². The Balaban J connectivity index is 1.62. The second-order valence-corrected chi connectivity index (χ2v) is 5.31. The molecule has 0 saturated carbocycles. The van der Waals surface area contributed by atoms with Crippen molar-refractivity contribution in [3.63, 3.8) is 0 Å². The number of ketones is 1. The van der Waals surface area contributed by atoms with Gasteiger partial charge in [0.2, 0.25) is 0 Å². The van der Waals surface area contributed by atoms with E-state index in [-0.39, 0.29) is 23.9 Å². The highest BCUT2D eigenvalue weighted by Gasteiger charge is 2.09. The minimum atomic E-state index is -0.339. The Bertz CT molecular complexity index is 874. The normalized spacial score (nSPS) is 10.3. The van der Waals surface area contributed by atoms with Gasteiger partial charge in [0.25, 0.3) is 5.91 Å². The third-order valence-electron chi connectivity index (χ3n) is 3.43. The molecule has 0 unspecified atom stereocenters. The van der Waals surface area contributed by atoms with Crippen LogP contribution in [0.15, 0.2) is 59.5 Å². The Morgan fingerprint density at radius 2 is 2.00 bits per heavy atom. The molecule has 2 aromatic heterocycles. The van der Waals surface area contributed by atoms with Crippen molar-refractivity contribution in [3.8, 4) is 0 Å². The molecule has 7 nitrogen and oxygen atoms in total. The number of benzene rings is 1. The van der Waals surface area contributed by atoms with E-state index >= 15 is 0 Å². The first-order chi connectivity index (χ1) is 12.1. The molecule has 25 heavy (non-hydrogen) atoms. The van der Waals surface area contributed by atoms with Crippen molar-refractivity contribution >= 4 is 23.2 Å². The van der Waals surface area contributed by atoms with Crippen molar-refractivity contribution in [1.29, 1.82) is 0 Å². The van der Waals surface area contributed by atoms with Crippen molar-refractivity contribution in [1.82, 2.24) is 15.3 Å². The number of anilines is 2. The third-order valence-corrected chi connectivity index (χ3v) is 3.43. The molecule has 7 heteroatoms. The van der Waals surface area contributed by atoms with E-state index in [4.69, 9.17) is 4.42 Å². The summed E-state index contributed by atoms with van der Waals surface area (Å²) in [6.07, 6.45) is 4.39. The monoisotopic (exact) mass is 336 g/mol. The van der Waals surface area contributed by atoms with Crippen LogP contribution in [0.2, 0.25) is 0 Å². The molecule has 0 spiro atoms. The minimum absolute atomic E-state index is 0.0155. The van der Waals surface area contributed by atoms with Gasteiger partial charge in [-0.1, -0.05) is 12.1 Å². The summed E-state index contributed by atoms with van der Waals surface area (Å²) < 4.78 is 5.15. The van der Waals surface area contributed by atoms with Crippen LogP contribution in [0.25, 0.3) is 0 Å². The zero-order valence-electron chi connectivity index (χ0n) is 13.5. The van der Waals surface area contributed by atoms with Gasteiger partial charge in [-0.3, -0.25) is 9.59 Å². The SMILES string of the molecule is CC(=O)c1cccc(Nc2cnc(C(=O)NCc3ccco3)cn2)c1. The van der Waals surface area contributed by atoms with Gasteiger partial charge in [0.15, 0.2) is 5.78 Å². The van der Waals surface area contributed by atoms with Crippen molar-refractivity contribution in [3.05, 3.63) is 72.1 Å². The van der Waals surface area contributed by atoms with Crippen LogP contribution in [0.4, 0.5) is 11.5 Å². The summed E-state index contributed by atoms with van der Waals surface area (Å²) in [6.45, 7) is 1.79. The number of amides is 1. The number of Topliss-reactive ketones (excluding diaryl/α,β-unsaturated/α-hetero) is 1. The summed E-state index contributed by atoms with van der Waals surface area (Å²) in [7, 11) is 0. The maximum absolute atomic E-state index is 12.0. The molecule has 0 atom stereocenters. The van der Waals surface area contributed by atoms with Crippen LogP contribution < -0.4 is 10.6 Å². The average molecular weight is 336 g/mol. The molecule has 0 fully saturated rings. The number of carbonyl (C=O) groups excluding carboxylic acids is 2. The number of hydrogen-bond donors (Lipinski definition) is 2. The molecule has 2 heterocycles. The number of furan rings is 1. The number of nitrogens with zero attached hydrogens (tertiary/aromatic N) is 2. The van der Waals surface area contributed by atoms with E-state index < -0.39 is 0 Å². The summed E-state index contributed by atoms with van der Waals surface area (Å²) in [6, 6.07) is 10.6. The van der Waals surface area contributed by atoms with Crippen molar-refractivity contribution in [2.24, 2.45) is 0 Å². The van der Waals surface area contributed by atoms with E-state index in [9.17, 15) is 9.59 Å². The highest BCUT2D eigenvalue weighted by molar-refractivity contribution is 5.95. The highest BCUT2D eigenvalue weighted by atomic mass is 16.3. The number of hydrogen-bond acceptors (Lipinski definition) is 6. The lowest BCUT2D eigenvalue weighted by Gasteiger charge is -2.07.